The van der Waals surface area contributed by atoms with Gasteiger partial charge in [0.05, 0.1) is 13.0 Å². The number of halogens is 1. The van der Waals surface area contributed by atoms with E-state index in [0.29, 0.717) is 19.6 Å². The predicted octanol–water partition coefficient (Wildman–Crippen LogP) is 3.44. The van der Waals surface area contributed by atoms with Crippen LogP contribution in [-0.4, -0.2) is 36.2 Å². The van der Waals surface area contributed by atoms with E-state index >= 15 is 0 Å². The maximum atomic E-state index is 13.6. The van der Waals surface area contributed by atoms with Gasteiger partial charge in [0.1, 0.15) is 11.6 Å². The number of rotatable bonds is 5. The molecule has 1 aliphatic heterocycles. The number of carboxylic acids is 1. The van der Waals surface area contributed by atoms with Gasteiger partial charge >= 0.3 is 5.97 Å². The largest absolute Gasteiger partial charge is 0.497 e. The first-order valence-corrected chi connectivity index (χ1v) is 8.31. The van der Waals surface area contributed by atoms with Gasteiger partial charge in [0.2, 0.25) is 0 Å². The van der Waals surface area contributed by atoms with Gasteiger partial charge in [-0.05, 0) is 47.9 Å². The van der Waals surface area contributed by atoms with Crippen LogP contribution < -0.4 is 4.74 Å². The third-order valence-corrected chi connectivity index (χ3v) is 4.74. The number of aryl methyl sites for hydroxylation is 1. The minimum absolute atomic E-state index is 0.109. The normalized spacial score (nSPS) is 20.6. The van der Waals surface area contributed by atoms with Crippen LogP contribution in [-0.2, 0) is 11.3 Å². The summed E-state index contributed by atoms with van der Waals surface area (Å²) in [5.41, 5.74) is 2.70. The molecular formula is C20H22FNO3. The van der Waals surface area contributed by atoms with Gasteiger partial charge in [0.25, 0.3) is 0 Å². The smallest absolute Gasteiger partial charge is 0.308 e. The highest BCUT2D eigenvalue weighted by Crippen LogP contribution is 2.35. The minimum Gasteiger partial charge on any atom is -0.497 e. The highest BCUT2D eigenvalue weighted by molar-refractivity contribution is 5.72. The van der Waals surface area contributed by atoms with Crippen molar-refractivity contribution in [2.75, 3.05) is 20.2 Å². The van der Waals surface area contributed by atoms with E-state index < -0.39 is 11.9 Å². The maximum absolute atomic E-state index is 13.6. The second kappa shape index (κ2) is 7.23. The van der Waals surface area contributed by atoms with Crippen molar-refractivity contribution in [3.63, 3.8) is 0 Å². The van der Waals surface area contributed by atoms with E-state index in [1.54, 1.807) is 7.11 Å². The van der Waals surface area contributed by atoms with Crippen molar-refractivity contribution in [3.8, 4) is 5.75 Å². The molecule has 0 spiro atoms. The zero-order valence-electron chi connectivity index (χ0n) is 14.4. The molecule has 2 aromatic rings. The SMILES string of the molecule is COc1cccc([C@H]2CN(Cc3cc(C)cc(F)c3)C[C@@H]2C(=O)O)c1. The van der Waals surface area contributed by atoms with Crippen LogP contribution in [0.15, 0.2) is 42.5 Å². The van der Waals surface area contributed by atoms with E-state index in [9.17, 15) is 14.3 Å². The lowest BCUT2D eigenvalue weighted by molar-refractivity contribution is -0.141. The van der Waals surface area contributed by atoms with Gasteiger partial charge < -0.3 is 9.84 Å². The standard InChI is InChI=1S/C20H22FNO3/c1-13-6-14(8-16(21)7-13)10-22-11-18(19(12-22)20(23)24)15-4-3-5-17(9-15)25-2/h3-9,18-19H,10-12H2,1-2H3,(H,23,24)/t18-,19+/m1/s1. The van der Waals surface area contributed by atoms with Crippen LogP contribution >= 0.6 is 0 Å². The van der Waals surface area contributed by atoms with E-state index in [-0.39, 0.29) is 11.7 Å². The molecule has 132 valence electrons. The molecule has 1 N–H and O–H groups in total. The van der Waals surface area contributed by atoms with Gasteiger partial charge in [0, 0.05) is 25.6 Å². The van der Waals surface area contributed by atoms with Gasteiger partial charge in [0.15, 0.2) is 0 Å². The predicted molar refractivity (Wildman–Crippen MR) is 93.3 cm³/mol. The lowest BCUT2D eigenvalue weighted by Crippen LogP contribution is -2.23. The highest BCUT2D eigenvalue weighted by Gasteiger charge is 2.38. The van der Waals surface area contributed by atoms with Gasteiger partial charge in [-0.2, -0.15) is 0 Å². The number of likely N-dealkylation sites (tertiary alicyclic amines) is 1. The van der Waals surface area contributed by atoms with Gasteiger partial charge in [-0.3, -0.25) is 9.69 Å². The first-order valence-electron chi connectivity index (χ1n) is 8.31. The fourth-order valence-electron chi connectivity index (χ4n) is 3.64. The quantitative estimate of drug-likeness (QED) is 0.903. The fourth-order valence-corrected chi connectivity index (χ4v) is 3.64. The summed E-state index contributed by atoms with van der Waals surface area (Å²) < 4.78 is 18.9. The Morgan fingerprint density at radius 2 is 2.08 bits per heavy atom. The fraction of sp³-hybridized carbons (Fsp3) is 0.350. The van der Waals surface area contributed by atoms with Crippen molar-refractivity contribution in [2.24, 2.45) is 5.92 Å². The highest BCUT2D eigenvalue weighted by atomic mass is 19.1. The number of nitrogens with zero attached hydrogens (tertiary/aromatic N) is 1. The molecule has 4 nitrogen and oxygen atoms in total. The van der Waals surface area contributed by atoms with Gasteiger partial charge in [-0.25, -0.2) is 4.39 Å². The van der Waals surface area contributed by atoms with Crippen LogP contribution in [0.5, 0.6) is 5.75 Å². The molecule has 1 aliphatic rings. The molecule has 0 aliphatic carbocycles. The average molecular weight is 343 g/mol. The zero-order chi connectivity index (χ0) is 18.0. The minimum atomic E-state index is -0.800. The lowest BCUT2D eigenvalue weighted by atomic mass is 9.89. The Kier molecular flexibility index (Phi) is 5.04. The van der Waals surface area contributed by atoms with Crippen molar-refractivity contribution in [2.45, 2.75) is 19.4 Å². The molecule has 25 heavy (non-hydrogen) atoms. The summed E-state index contributed by atoms with van der Waals surface area (Å²) >= 11 is 0. The van der Waals surface area contributed by atoms with Crippen LogP contribution in [0, 0.1) is 18.7 Å². The summed E-state index contributed by atoms with van der Waals surface area (Å²) in [6.07, 6.45) is 0. The topological polar surface area (TPSA) is 49.8 Å². The van der Waals surface area contributed by atoms with E-state index in [1.165, 1.54) is 12.1 Å². The molecule has 0 amide bonds. The molecule has 0 radical (unpaired) electrons. The number of benzene rings is 2. The van der Waals surface area contributed by atoms with Crippen molar-refractivity contribution in [1.29, 1.82) is 0 Å². The summed E-state index contributed by atoms with van der Waals surface area (Å²) in [5.74, 6) is -0.927. The summed E-state index contributed by atoms with van der Waals surface area (Å²) in [6.45, 7) is 3.48. The molecule has 3 rings (SSSR count). The van der Waals surface area contributed by atoms with Crippen molar-refractivity contribution >= 4 is 5.97 Å². The first kappa shape index (κ1) is 17.4. The Balaban J connectivity index is 1.81. The number of hydrogen-bond acceptors (Lipinski definition) is 3. The molecule has 5 heteroatoms. The van der Waals surface area contributed by atoms with E-state index in [1.807, 2.05) is 37.3 Å². The Morgan fingerprint density at radius 1 is 1.28 bits per heavy atom. The molecule has 0 unspecified atom stereocenters. The van der Waals surface area contributed by atoms with E-state index in [0.717, 1.165) is 22.4 Å². The molecule has 0 saturated carbocycles. The average Bonchev–Trinajstić information content (AvgIpc) is 2.98. The van der Waals surface area contributed by atoms with Crippen molar-refractivity contribution in [1.82, 2.24) is 4.90 Å². The molecule has 1 saturated heterocycles. The van der Waals surface area contributed by atoms with Crippen LogP contribution in [0.25, 0.3) is 0 Å². The lowest BCUT2D eigenvalue weighted by Gasteiger charge is -2.17. The van der Waals surface area contributed by atoms with Crippen LogP contribution in [0.2, 0.25) is 0 Å². The molecule has 0 aromatic heterocycles. The zero-order valence-corrected chi connectivity index (χ0v) is 14.4. The van der Waals surface area contributed by atoms with E-state index in [2.05, 4.69) is 4.90 Å². The van der Waals surface area contributed by atoms with E-state index in [4.69, 9.17) is 4.74 Å². The summed E-state index contributed by atoms with van der Waals surface area (Å²) in [7, 11) is 1.60. The third kappa shape index (κ3) is 3.99. The number of ether oxygens (including phenoxy) is 1. The maximum Gasteiger partial charge on any atom is 0.308 e. The second-order valence-corrected chi connectivity index (χ2v) is 6.66. The Labute approximate surface area is 146 Å². The molecule has 2 aromatic carbocycles. The number of methoxy groups -OCH3 is 1. The first-order chi connectivity index (χ1) is 12.0. The van der Waals surface area contributed by atoms with Crippen LogP contribution in [0.4, 0.5) is 4.39 Å². The van der Waals surface area contributed by atoms with Crippen molar-refractivity contribution < 1.29 is 19.0 Å². The number of carboxylic acid groups (broad SMARTS) is 1. The third-order valence-electron chi connectivity index (χ3n) is 4.74. The number of carbonyl (C=O) groups is 1. The molecule has 1 fully saturated rings. The number of aliphatic carboxylic acids is 1. The summed E-state index contributed by atoms with van der Waals surface area (Å²) in [6, 6.07) is 12.5. The van der Waals surface area contributed by atoms with Gasteiger partial charge in [-0.1, -0.05) is 18.2 Å². The second-order valence-electron chi connectivity index (χ2n) is 6.66. The summed E-state index contributed by atoms with van der Waals surface area (Å²) in [4.78, 5) is 13.8. The molecule has 2 atom stereocenters. The Bertz CT molecular complexity index is 757. The summed E-state index contributed by atoms with van der Waals surface area (Å²) in [5, 5.41) is 9.63. The molecule has 1 heterocycles. The molecular weight excluding hydrogens is 321 g/mol. The Hall–Kier alpha value is -2.40. The van der Waals surface area contributed by atoms with Crippen molar-refractivity contribution in [3.05, 3.63) is 65.0 Å². The van der Waals surface area contributed by atoms with Gasteiger partial charge in [-0.15, -0.1) is 0 Å². The Morgan fingerprint density at radius 3 is 2.76 bits per heavy atom. The monoisotopic (exact) mass is 343 g/mol. The molecule has 0 bridgehead atoms. The van der Waals surface area contributed by atoms with Crippen LogP contribution in [0.3, 0.4) is 0 Å². The van der Waals surface area contributed by atoms with Crippen LogP contribution in [0.1, 0.15) is 22.6 Å². The number of hydrogen-bond donors (Lipinski definition) is 1.